The van der Waals surface area contributed by atoms with Crippen LogP contribution in [0.5, 0.6) is 0 Å². The Bertz CT molecular complexity index is 522. The first kappa shape index (κ1) is 14.5. The summed E-state index contributed by atoms with van der Waals surface area (Å²) in [4.78, 5) is 24.2. The van der Waals surface area contributed by atoms with Crippen molar-refractivity contribution in [3.05, 3.63) is 29.8 Å². The predicted molar refractivity (Wildman–Crippen MR) is 69.8 cm³/mol. The summed E-state index contributed by atoms with van der Waals surface area (Å²) >= 11 is 0. The number of nitrogens with zero attached hydrogens (tertiary/aromatic N) is 2. The first-order valence-corrected chi connectivity index (χ1v) is 5.69. The Morgan fingerprint density at radius 1 is 1.47 bits per heavy atom. The molecule has 1 aromatic carbocycles. The van der Waals surface area contributed by atoms with Gasteiger partial charge in [0.1, 0.15) is 0 Å². The number of nitriles is 1. The number of benzene rings is 1. The lowest BCUT2D eigenvalue weighted by Crippen LogP contribution is -2.34. The summed E-state index contributed by atoms with van der Waals surface area (Å²) in [6.07, 6.45) is 0. The van der Waals surface area contributed by atoms with Crippen molar-refractivity contribution in [2.75, 3.05) is 18.9 Å². The van der Waals surface area contributed by atoms with Crippen LogP contribution in [0.2, 0.25) is 0 Å². The van der Waals surface area contributed by atoms with E-state index in [1.54, 1.807) is 26.1 Å². The van der Waals surface area contributed by atoms with Crippen molar-refractivity contribution in [2.45, 2.75) is 6.92 Å². The molecule has 0 fully saturated rings. The van der Waals surface area contributed by atoms with Gasteiger partial charge in [-0.05, 0) is 19.1 Å². The number of anilines is 1. The van der Waals surface area contributed by atoms with Crippen molar-refractivity contribution in [1.82, 2.24) is 4.90 Å². The highest BCUT2D eigenvalue weighted by atomic mass is 16.4. The van der Waals surface area contributed by atoms with E-state index in [1.807, 2.05) is 6.07 Å². The summed E-state index contributed by atoms with van der Waals surface area (Å²) in [5.74, 6) is -1.39. The van der Waals surface area contributed by atoms with Crippen molar-refractivity contribution in [3.8, 4) is 6.07 Å². The summed E-state index contributed by atoms with van der Waals surface area (Å²) in [5.41, 5.74) is 0.258. The Kier molecular flexibility index (Phi) is 4.89. The Balaban J connectivity index is 2.78. The molecule has 0 bridgehead atoms. The number of carbonyl (C=O) groups excluding carboxylic acids is 1. The fourth-order valence-electron chi connectivity index (χ4n) is 1.52. The van der Waals surface area contributed by atoms with Crippen molar-refractivity contribution < 1.29 is 14.7 Å². The summed E-state index contributed by atoms with van der Waals surface area (Å²) in [6, 6.07) is 7.73. The number of carbonyl (C=O) groups is 2. The Morgan fingerprint density at radius 2 is 2.11 bits per heavy atom. The number of hydrogen-bond donors (Lipinski definition) is 2. The molecule has 0 spiro atoms. The van der Waals surface area contributed by atoms with Crippen molar-refractivity contribution in [1.29, 1.82) is 5.26 Å². The average molecular weight is 261 g/mol. The SMILES string of the molecule is CC(C#N)CN(C)C(=O)Nc1ccccc1C(=O)O. The molecule has 0 saturated carbocycles. The molecule has 6 heteroatoms. The van der Waals surface area contributed by atoms with Crippen LogP contribution >= 0.6 is 0 Å². The van der Waals surface area contributed by atoms with Crippen molar-refractivity contribution >= 4 is 17.7 Å². The standard InChI is InChI=1S/C13H15N3O3/c1-9(7-14)8-16(2)13(19)15-11-6-4-3-5-10(11)12(17)18/h3-6,9H,8H2,1-2H3,(H,15,19)(H,17,18). The molecule has 1 unspecified atom stereocenters. The van der Waals surface area contributed by atoms with Gasteiger partial charge in [-0.3, -0.25) is 0 Å². The van der Waals surface area contributed by atoms with Gasteiger partial charge in [0.25, 0.3) is 0 Å². The molecule has 100 valence electrons. The summed E-state index contributed by atoms with van der Waals surface area (Å²) in [7, 11) is 1.55. The lowest BCUT2D eigenvalue weighted by atomic mass is 10.2. The highest BCUT2D eigenvalue weighted by Gasteiger charge is 2.15. The second-order valence-electron chi connectivity index (χ2n) is 4.19. The van der Waals surface area contributed by atoms with Crippen LogP contribution in [0.15, 0.2) is 24.3 Å². The molecule has 1 atom stereocenters. The second kappa shape index (κ2) is 6.40. The number of nitrogens with one attached hydrogen (secondary N) is 1. The molecule has 0 aromatic heterocycles. The number of hydrogen-bond acceptors (Lipinski definition) is 3. The Hall–Kier alpha value is -2.55. The van der Waals surface area contributed by atoms with Gasteiger partial charge in [-0.1, -0.05) is 12.1 Å². The van der Waals surface area contributed by atoms with E-state index in [9.17, 15) is 9.59 Å². The molecular formula is C13H15N3O3. The van der Waals surface area contributed by atoms with E-state index < -0.39 is 12.0 Å². The number of carboxylic acids is 1. The zero-order valence-corrected chi connectivity index (χ0v) is 10.8. The van der Waals surface area contributed by atoms with Gasteiger partial charge in [0.05, 0.1) is 23.2 Å². The van der Waals surface area contributed by atoms with E-state index in [1.165, 1.54) is 17.0 Å². The molecule has 0 aliphatic rings. The smallest absolute Gasteiger partial charge is 0.337 e. The third-order valence-electron chi connectivity index (χ3n) is 2.51. The molecule has 2 amide bonds. The zero-order valence-electron chi connectivity index (χ0n) is 10.8. The fraction of sp³-hybridized carbons (Fsp3) is 0.308. The van der Waals surface area contributed by atoms with Crippen LogP contribution in [0.4, 0.5) is 10.5 Å². The van der Waals surface area contributed by atoms with Crippen LogP contribution in [0.1, 0.15) is 17.3 Å². The molecule has 0 aliphatic carbocycles. The van der Waals surface area contributed by atoms with Gasteiger partial charge in [0.2, 0.25) is 0 Å². The lowest BCUT2D eigenvalue weighted by Gasteiger charge is -2.19. The predicted octanol–water partition coefficient (Wildman–Crippen LogP) is 2.01. The first-order valence-electron chi connectivity index (χ1n) is 5.69. The topological polar surface area (TPSA) is 93.4 Å². The van der Waals surface area contributed by atoms with Gasteiger partial charge in [-0.25, -0.2) is 9.59 Å². The molecule has 0 radical (unpaired) electrons. The first-order chi connectivity index (χ1) is 8.95. The Labute approximate surface area is 111 Å². The zero-order chi connectivity index (χ0) is 14.4. The minimum Gasteiger partial charge on any atom is -0.478 e. The fourth-order valence-corrected chi connectivity index (χ4v) is 1.52. The third-order valence-corrected chi connectivity index (χ3v) is 2.51. The molecule has 0 aliphatic heterocycles. The second-order valence-corrected chi connectivity index (χ2v) is 4.19. The van der Waals surface area contributed by atoms with Crippen LogP contribution in [0.25, 0.3) is 0 Å². The van der Waals surface area contributed by atoms with Crippen LogP contribution in [-0.2, 0) is 0 Å². The van der Waals surface area contributed by atoms with Crippen LogP contribution in [-0.4, -0.2) is 35.6 Å². The van der Waals surface area contributed by atoms with Gasteiger partial charge >= 0.3 is 12.0 Å². The lowest BCUT2D eigenvalue weighted by molar-refractivity contribution is 0.0698. The molecule has 6 nitrogen and oxygen atoms in total. The molecule has 2 N–H and O–H groups in total. The van der Waals surface area contributed by atoms with Crippen molar-refractivity contribution in [3.63, 3.8) is 0 Å². The molecule has 19 heavy (non-hydrogen) atoms. The highest BCUT2D eigenvalue weighted by Crippen LogP contribution is 2.15. The van der Waals surface area contributed by atoms with E-state index in [2.05, 4.69) is 5.32 Å². The monoisotopic (exact) mass is 261 g/mol. The van der Waals surface area contributed by atoms with E-state index in [0.29, 0.717) is 0 Å². The molecule has 1 aromatic rings. The van der Waals surface area contributed by atoms with Gasteiger partial charge < -0.3 is 15.3 Å². The molecule has 0 heterocycles. The van der Waals surface area contributed by atoms with Gasteiger partial charge in [-0.2, -0.15) is 5.26 Å². The van der Waals surface area contributed by atoms with E-state index in [0.717, 1.165) is 0 Å². The Morgan fingerprint density at radius 3 is 2.68 bits per heavy atom. The molecule has 0 saturated heterocycles. The number of aromatic carboxylic acids is 1. The van der Waals surface area contributed by atoms with Gasteiger partial charge in [0, 0.05) is 13.6 Å². The summed E-state index contributed by atoms with van der Waals surface area (Å²) in [5, 5.41) is 20.2. The van der Waals surface area contributed by atoms with Crippen LogP contribution in [0, 0.1) is 17.2 Å². The molecular weight excluding hydrogens is 246 g/mol. The normalized spacial score (nSPS) is 11.2. The quantitative estimate of drug-likeness (QED) is 0.866. The summed E-state index contributed by atoms with van der Waals surface area (Å²) < 4.78 is 0. The number of para-hydroxylation sites is 1. The largest absolute Gasteiger partial charge is 0.478 e. The number of rotatable bonds is 4. The van der Waals surface area contributed by atoms with E-state index >= 15 is 0 Å². The van der Waals surface area contributed by atoms with Gasteiger partial charge in [-0.15, -0.1) is 0 Å². The highest BCUT2D eigenvalue weighted by molar-refractivity contribution is 5.99. The summed E-state index contributed by atoms with van der Waals surface area (Å²) in [6.45, 7) is 1.98. The number of amides is 2. The molecule has 1 rings (SSSR count). The third kappa shape index (κ3) is 4.00. The maximum absolute atomic E-state index is 11.9. The minimum absolute atomic E-state index is 0.0255. The van der Waals surface area contributed by atoms with Crippen molar-refractivity contribution in [2.24, 2.45) is 5.92 Å². The van der Waals surface area contributed by atoms with Crippen LogP contribution in [0.3, 0.4) is 0 Å². The average Bonchev–Trinajstić information content (AvgIpc) is 2.38. The van der Waals surface area contributed by atoms with Gasteiger partial charge in [0.15, 0.2) is 0 Å². The number of urea groups is 1. The maximum atomic E-state index is 11.9. The maximum Gasteiger partial charge on any atom is 0.337 e. The van der Waals surface area contributed by atoms with Crippen LogP contribution < -0.4 is 5.32 Å². The minimum atomic E-state index is -1.11. The number of carboxylic acid groups (broad SMARTS) is 1. The van der Waals surface area contributed by atoms with E-state index in [4.69, 9.17) is 10.4 Å². The van der Waals surface area contributed by atoms with E-state index in [-0.39, 0.29) is 23.7 Å².